The van der Waals surface area contributed by atoms with Crippen molar-refractivity contribution in [3.05, 3.63) is 94.2 Å². The van der Waals surface area contributed by atoms with Crippen LogP contribution < -0.4 is 9.62 Å². The summed E-state index contributed by atoms with van der Waals surface area (Å²) in [7, 11) is -4.25. The molecule has 0 bridgehead atoms. The van der Waals surface area contributed by atoms with Gasteiger partial charge in [0.25, 0.3) is 10.0 Å². The molecule has 0 saturated heterocycles. The number of halogens is 3. The second-order valence-corrected chi connectivity index (χ2v) is 12.4. The van der Waals surface area contributed by atoms with Gasteiger partial charge in [-0.15, -0.1) is 0 Å². The Morgan fingerprint density at radius 3 is 2.27 bits per heavy atom. The molecule has 1 N–H and O–H groups in total. The maximum atomic E-state index is 14.7. The number of carbonyl (C=O) groups excluding carboxylic acids is 2. The third-order valence-corrected chi connectivity index (χ3v) is 9.50. The zero-order valence-electron chi connectivity index (χ0n) is 21.9. The van der Waals surface area contributed by atoms with Gasteiger partial charge in [-0.25, -0.2) is 12.8 Å². The Morgan fingerprint density at radius 1 is 0.975 bits per heavy atom. The van der Waals surface area contributed by atoms with Gasteiger partial charge in [0.2, 0.25) is 11.8 Å². The van der Waals surface area contributed by atoms with E-state index in [1.165, 1.54) is 53.4 Å². The van der Waals surface area contributed by atoms with Crippen molar-refractivity contribution in [2.75, 3.05) is 10.8 Å². The van der Waals surface area contributed by atoms with Crippen molar-refractivity contribution in [3.8, 4) is 0 Å². The Kier molecular flexibility index (Phi) is 9.71. The fourth-order valence-electron chi connectivity index (χ4n) is 4.67. The lowest BCUT2D eigenvalue weighted by molar-refractivity contribution is -0.139. The summed E-state index contributed by atoms with van der Waals surface area (Å²) in [5.41, 5.74) is 0.309. The van der Waals surface area contributed by atoms with Gasteiger partial charge in [-0.3, -0.25) is 13.9 Å². The molecule has 0 heterocycles. The van der Waals surface area contributed by atoms with Crippen molar-refractivity contribution in [3.63, 3.8) is 0 Å². The lowest BCUT2D eigenvalue weighted by Gasteiger charge is -2.32. The molecule has 1 fully saturated rings. The minimum atomic E-state index is -4.25. The first-order chi connectivity index (χ1) is 19.1. The van der Waals surface area contributed by atoms with Crippen LogP contribution in [0.1, 0.15) is 38.2 Å². The Hall–Kier alpha value is -3.14. The van der Waals surface area contributed by atoms with E-state index in [9.17, 15) is 22.4 Å². The van der Waals surface area contributed by atoms with Crippen LogP contribution in [0.15, 0.2) is 77.7 Å². The van der Waals surface area contributed by atoms with Crippen molar-refractivity contribution >= 4 is 50.7 Å². The molecule has 2 amide bonds. The molecule has 1 aliphatic rings. The Morgan fingerprint density at radius 2 is 1.62 bits per heavy atom. The molecular formula is C29H30Cl2FN3O4S. The van der Waals surface area contributed by atoms with Crippen molar-refractivity contribution in [1.82, 2.24) is 10.2 Å². The van der Waals surface area contributed by atoms with Crippen molar-refractivity contribution in [2.24, 2.45) is 0 Å². The van der Waals surface area contributed by atoms with E-state index in [2.05, 4.69) is 5.32 Å². The summed E-state index contributed by atoms with van der Waals surface area (Å²) >= 11 is 12.3. The van der Waals surface area contributed by atoms with Crippen LogP contribution in [0.25, 0.3) is 0 Å². The minimum absolute atomic E-state index is 0.00605. The lowest BCUT2D eigenvalue weighted by Crippen LogP contribution is -2.52. The number of benzene rings is 3. The van der Waals surface area contributed by atoms with Gasteiger partial charge in [-0.1, -0.05) is 72.4 Å². The van der Waals surface area contributed by atoms with E-state index in [0.717, 1.165) is 30.0 Å². The number of nitrogens with zero attached hydrogens (tertiary/aromatic N) is 2. The number of amides is 2. The second-order valence-electron chi connectivity index (χ2n) is 9.70. The predicted molar refractivity (Wildman–Crippen MR) is 154 cm³/mol. The number of sulfonamides is 1. The van der Waals surface area contributed by atoms with E-state index in [4.69, 9.17) is 23.2 Å². The van der Waals surface area contributed by atoms with E-state index in [0.29, 0.717) is 0 Å². The van der Waals surface area contributed by atoms with Crippen molar-refractivity contribution in [1.29, 1.82) is 0 Å². The molecule has 0 radical (unpaired) electrons. The van der Waals surface area contributed by atoms with Crippen LogP contribution in [-0.4, -0.2) is 43.8 Å². The fraction of sp³-hybridized carbons (Fsp3) is 0.310. The number of rotatable bonds is 10. The SMILES string of the molecule is CC(C(=O)NC1CCCC1)N(Cc1ccccc1F)C(=O)CN(c1ccc(Cl)c(Cl)c1)S(=O)(=O)c1ccccc1. The molecule has 1 saturated carbocycles. The second kappa shape index (κ2) is 13.0. The minimum Gasteiger partial charge on any atom is -0.352 e. The summed E-state index contributed by atoms with van der Waals surface area (Å²) in [4.78, 5) is 28.3. The number of carbonyl (C=O) groups is 2. The summed E-state index contributed by atoms with van der Waals surface area (Å²) in [5, 5.41) is 3.30. The highest BCUT2D eigenvalue weighted by Crippen LogP contribution is 2.31. The van der Waals surface area contributed by atoms with Gasteiger partial charge in [0.05, 0.1) is 20.6 Å². The maximum absolute atomic E-state index is 14.7. The summed E-state index contributed by atoms with van der Waals surface area (Å²) in [6.07, 6.45) is 3.71. The summed E-state index contributed by atoms with van der Waals surface area (Å²) in [6, 6.07) is 16.8. The van der Waals surface area contributed by atoms with Gasteiger partial charge in [0.1, 0.15) is 18.4 Å². The van der Waals surface area contributed by atoms with Crippen molar-refractivity contribution < 1.29 is 22.4 Å². The van der Waals surface area contributed by atoms with Gasteiger partial charge in [-0.2, -0.15) is 0 Å². The lowest BCUT2D eigenvalue weighted by atomic mass is 10.1. The highest BCUT2D eigenvalue weighted by molar-refractivity contribution is 7.92. The molecule has 7 nitrogen and oxygen atoms in total. The van der Waals surface area contributed by atoms with Gasteiger partial charge in [0, 0.05) is 18.2 Å². The fourth-order valence-corrected chi connectivity index (χ4v) is 6.39. The average Bonchev–Trinajstić information content (AvgIpc) is 3.46. The molecule has 0 spiro atoms. The van der Waals surface area contributed by atoms with Crippen LogP contribution in [-0.2, 0) is 26.2 Å². The van der Waals surface area contributed by atoms with Crippen LogP contribution in [0, 0.1) is 5.82 Å². The molecule has 1 aliphatic carbocycles. The van der Waals surface area contributed by atoms with E-state index >= 15 is 0 Å². The number of nitrogens with one attached hydrogen (secondary N) is 1. The number of anilines is 1. The van der Waals surface area contributed by atoms with Crippen LogP contribution in [0.4, 0.5) is 10.1 Å². The highest BCUT2D eigenvalue weighted by atomic mass is 35.5. The Labute approximate surface area is 243 Å². The van der Waals surface area contributed by atoms with Crippen LogP contribution >= 0.6 is 23.2 Å². The van der Waals surface area contributed by atoms with E-state index in [-0.39, 0.29) is 44.7 Å². The molecule has 212 valence electrons. The number of hydrogen-bond donors (Lipinski definition) is 1. The average molecular weight is 607 g/mol. The first-order valence-corrected chi connectivity index (χ1v) is 15.1. The molecule has 4 rings (SSSR count). The summed E-state index contributed by atoms with van der Waals surface area (Å²) in [6.45, 7) is 0.661. The molecule has 0 aliphatic heterocycles. The predicted octanol–water partition coefficient (Wildman–Crippen LogP) is 5.80. The monoisotopic (exact) mass is 605 g/mol. The third-order valence-electron chi connectivity index (χ3n) is 6.97. The molecule has 0 aromatic heterocycles. The molecule has 11 heteroatoms. The van der Waals surface area contributed by atoms with Gasteiger partial charge >= 0.3 is 0 Å². The van der Waals surface area contributed by atoms with Gasteiger partial charge in [-0.05, 0) is 56.2 Å². The first-order valence-electron chi connectivity index (χ1n) is 12.9. The maximum Gasteiger partial charge on any atom is 0.264 e. The van der Waals surface area contributed by atoms with Crippen LogP contribution in [0.5, 0.6) is 0 Å². The molecule has 1 unspecified atom stereocenters. The zero-order valence-corrected chi connectivity index (χ0v) is 24.2. The van der Waals surface area contributed by atoms with Gasteiger partial charge < -0.3 is 10.2 Å². The molecular weight excluding hydrogens is 576 g/mol. The largest absolute Gasteiger partial charge is 0.352 e. The van der Waals surface area contributed by atoms with Crippen LogP contribution in [0.3, 0.4) is 0 Å². The first kappa shape index (κ1) is 29.8. The zero-order chi connectivity index (χ0) is 28.9. The Bertz CT molecular complexity index is 1470. The molecule has 3 aromatic carbocycles. The molecule has 1 atom stereocenters. The topological polar surface area (TPSA) is 86.8 Å². The van der Waals surface area contributed by atoms with E-state index in [1.54, 1.807) is 31.2 Å². The number of hydrogen-bond acceptors (Lipinski definition) is 4. The smallest absolute Gasteiger partial charge is 0.264 e. The van der Waals surface area contributed by atoms with Gasteiger partial charge in [0.15, 0.2) is 0 Å². The van der Waals surface area contributed by atoms with E-state index in [1.807, 2.05) is 0 Å². The quantitative estimate of drug-likeness (QED) is 0.316. The summed E-state index contributed by atoms with van der Waals surface area (Å²) < 4.78 is 43.1. The standard InChI is InChI=1S/C29H30Cl2FN3O4S/c1-20(29(37)33-22-10-6-7-11-22)34(18-21-9-5-8-14-27(21)32)28(36)19-35(23-15-16-25(30)26(31)17-23)40(38,39)24-12-3-2-4-13-24/h2-5,8-9,12-17,20,22H,6-7,10-11,18-19H2,1H3,(H,33,37). The molecule has 3 aromatic rings. The summed E-state index contributed by atoms with van der Waals surface area (Å²) in [5.74, 6) is -1.62. The molecule has 40 heavy (non-hydrogen) atoms. The Balaban J connectivity index is 1.70. The van der Waals surface area contributed by atoms with Crippen molar-refractivity contribution in [2.45, 2.75) is 56.1 Å². The van der Waals surface area contributed by atoms with Crippen LogP contribution in [0.2, 0.25) is 10.0 Å². The normalized spacial score (nSPS) is 14.5. The third kappa shape index (κ3) is 6.95. The van der Waals surface area contributed by atoms with E-state index < -0.39 is 34.3 Å². The highest BCUT2D eigenvalue weighted by Gasteiger charge is 2.33.